The largest absolute Gasteiger partial charge is 0.508 e. The van der Waals surface area contributed by atoms with E-state index >= 15 is 0 Å². The average molecular weight is 240 g/mol. The van der Waals surface area contributed by atoms with Crippen molar-refractivity contribution in [2.75, 3.05) is 0 Å². The lowest BCUT2D eigenvalue weighted by Gasteiger charge is -2.35. The molecule has 1 aliphatic rings. The molecule has 1 fully saturated rings. The molecule has 1 saturated carbocycles. The molecule has 1 aromatic carbocycles. The molecule has 3 N–H and O–H groups in total. The van der Waals surface area contributed by atoms with Crippen LogP contribution < -0.4 is 5.73 Å². The lowest BCUT2D eigenvalue weighted by atomic mass is 9.77. The summed E-state index contributed by atoms with van der Waals surface area (Å²) in [4.78, 5) is 0. The Morgan fingerprint density at radius 1 is 1.25 bits per heavy atom. The molecule has 0 amide bonds. The van der Waals surface area contributed by atoms with Gasteiger partial charge in [-0.15, -0.1) is 0 Å². The van der Waals surface area contributed by atoms with Crippen LogP contribution in [0.25, 0.3) is 0 Å². The zero-order valence-corrected chi connectivity index (χ0v) is 10.3. The van der Waals surface area contributed by atoms with Crippen LogP contribution in [0, 0.1) is 6.92 Å². The highest BCUT2D eigenvalue weighted by molar-refractivity contribution is 6.31. The summed E-state index contributed by atoms with van der Waals surface area (Å²) in [6, 6.07) is 3.62. The van der Waals surface area contributed by atoms with Crippen molar-refractivity contribution >= 4 is 11.6 Å². The standard InChI is InChI=1S/C13H18ClNO/c1-9-7-10(14)12(11(16)8-9)13(15)5-3-2-4-6-13/h7-8,16H,2-6,15H2,1H3. The fraction of sp³-hybridized carbons (Fsp3) is 0.538. The minimum atomic E-state index is -0.437. The van der Waals surface area contributed by atoms with Crippen molar-refractivity contribution in [3.8, 4) is 5.75 Å². The van der Waals surface area contributed by atoms with Crippen LogP contribution in [0.4, 0.5) is 0 Å². The van der Waals surface area contributed by atoms with Crippen molar-refractivity contribution in [1.29, 1.82) is 0 Å². The van der Waals surface area contributed by atoms with Crippen LogP contribution in [0.1, 0.15) is 43.2 Å². The molecule has 0 heterocycles. The summed E-state index contributed by atoms with van der Waals surface area (Å²) in [5.74, 6) is 0.245. The van der Waals surface area contributed by atoms with Crippen LogP contribution in [0.2, 0.25) is 5.02 Å². The Kier molecular flexibility index (Phi) is 3.13. The predicted molar refractivity (Wildman–Crippen MR) is 66.8 cm³/mol. The first-order valence-electron chi connectivity index (χ1n) is 5.81. The molecule has 1 aromatic rings. The van der Waals surface area contributed by atoms with Gasteiger partial charge in [0, 0.05) is 16.1 Å². The van der Waals surface area contributed by atoms with Gasteiger partial charge in [0.15, 0.2) is 0 Å². The smallest absolute Gasteiger partial charge is 0.122 e. The fourth-order valence-corrected chi connectivity index (χ4v) is 3.11. The summed E-state index contributed by atoms with van der Waals surface area (Å²) in [5.41, 5.74) is 7.65. The normalized spacial score (nSPS) is 19.7. The summed E-state index contributed by atoms with van der Waals surface area (Å²) >= 11 is 6.22. The van der Waals surface area contributed by atoms with Gasteiger partial charge in [0.25, 0.3) is 0 Å². The van der Waals surface area contributed by atoms with Gasteiger partial charge in [-0.25, -0.2) is 0 Å². The Balaban J connectivity index is 2.46. The van der Waals surface area contributed by atoms with Crippen LogP contribution >= 0.6 is 11.6 Å². The Morgan fingerprint density at radius 2 is 1.88 bits per heavy atom. The molecule has 2 nitrogen and oxygen atoms in total. The van der Waals surface area contributed by atoms with Gasteiger partial charge in [-0.2, -0.15) is 0 Å². The minimum absolute atomic E-state index is 0.245. The van der Waals surface area contributed by atoms with Gasteiger partial charge in [-0.1, -0.05) is 30.9 Å². The summed E-state index contributed by atoms with van der Waals surface area (Å²) < 4.78 is 0. The van der Waals surface area contributed by atoms with Gasteiger partial charge >= 0.3 is 0 Å². The zero-order chi connectivity index (χ0) is 11.8. The van der Waals surface area contributed by atoms with E-state index < -0.39 is 5.54 Å². The maximum atomic E-state index is 10.0. The SMILES string of the molecule is Cc1cc(O)c(C2(N)CCCCC2)c(Cl)c1. The molecule has 0 radical (unpaired) electrons. The topological polar surface area (TPSA) is 46.2 Å². The Bertz CT molecular complexity index is 374. The van der Waals surface area contributed by atoms with Gasteiger partial charge in [-0.05, 0) is 37.5 Å². The van der Waals surface area contributed by atoms with Gasteiger partial charge < -0.3 is 10.8 Å². The highest BCUT2D eigenvalue weighted by atomic mass is 35.5. The number of aromatic hydroxyl groups is 1. The Labute approximate surface area is 101 Å². The highest BCUT2D eigenvalue weighted by Crippen LogP contribution is 2.42. The second kappa shape index (κ2) is 4.27. The molecule has 16 heavy (non-hydrogen) atoms. The molecular formula is C13H18ClNO. The predicted octanol–water partition coefficient (Wildman–Crippen LogP) is 3.47. The number of phenolic OH excluding ortho intramolecular Hbond substituents is 1. The molecule has 0 bridgehead atoms. The molecule has 0 aliphatic heterocycles. The second-order valence-electron chi connectivity index (χ2n) is 4.86. The molecule has 0 aromatic heterocycles. The molecule has 3 heteroatoms. The van der Waals surface area contributed by atoms with Crippen LogP contribution in [0.3, 0.4) is 0 Å². The van der Waals surface area contributed by atoms with Crippen LogP contribution in [0.15, 0.2) is 12.1 Å². The van der Waals surface area contributed by atoms with Crippen molar-refractivity contribution in [1.82, 2.24) is 0 Å². The van der Waals surface area contributed by atoms with Crippen LogP contribution in [-0.2, 0) is 5.54 Å². The number of benzene rings is 1. The molecule has 1 aliphatic carbocycles. The zero-order valence-electron chi connectivity index (χ0n) is 9.59. The van der Waals surface area contributed by atoms with Crippen molar-refractivity contribution in [3.63, 3.8) is 0 Å². The summed E-state index contributed by atoms with van der Waals surface area (Å²) in [6.07, 6.45) is 5.26. The maximum absolute atomic E-state index is 10.0. The molecule has 88 valence electrons. The first-order valence-corrected chi connectivity index (χ1v) is 6.19. The van der Waals surface area contributed by atoms with E-state index in [-0.39, 0.29) is 5.75 Å². The average Bonchev–Trinajstić information content (AvgIpc) is 2.16. The minimum Gasteiger partial charge on any atom is -0.508 e. The van der Waals surface area contributed by atoms with Crippen molar-refractivity contribution in [2.45, 2.75) is 44.6 Å². The molecule has 0 atom stereocenters. The van der Waals surface area contributed by atoms with Gasteiger partial charge in [0.05, 0.1) is 0 Å². The van der Waals surface area contributed by atoms with E-state index in [2.05, 4.69) is 0 Å². The number of aryl methyl sites for hydroxylation is 1. The third-order valence-corrected chi connectivity index (χ3v) is 3.76. The highest BCUT2D eigenvalue weighted by Gasteiger charge is 2.33. The molecule has 0 spiro atoms. The van der Waals surface area contributed by atoms with Crippen LogP contribution in [-0.4, -0.2) is 5.11 Å². The van der Waals surface area contributed by atoms with Gasteiger partial charge in [-0.3, -0.25) is 0 Å². The number of hydrogen-bond donors (Lipinski definition) is 2. The third kappa shape index (κ3) is 2.04. The molecular weight excluding hydrogens is 222 g/mol. The van der Waals surface area contributed by atoms with E-state index in [0.29, 0.717) is 5.02 Å². The Hall–Kier alpha value is -0.730. The van der Waals surface area contributed by atoms with E-state index in [1.807, 2.05) is 13.0 Å². The molecule has 2 rings (SSSR count). The van der Waals surface area contributed by atoms with E-state index in [4.69, 9.17) is 17.3 Å². The monoisotopic (exact) mass is 239 g/mol. The summed E-state index contributed by atoms with van der Waals surface area (Å²) in [7, 11) is 0. The first-order chi connectivity index (χ1) is 7.53. The second-order valence-corrected chi connectivity index (χ2v) is 5.26. The van der Waals surface area contributed by atoms with Gasteiger partial charge in [0.2, 0.25) is 0 Å². The van der Waals surface area contributed by atoms with Crippen molar-refractivity contribution in [2.24, 2.45) is 5.73 Å². The number of rotatable bonds is 1. The lowest BCUT2D eigenvalue weighted by molar-refractivity contribution is 0.292. The Morgan fingerprint density at radius 3 is 2.44 bits per heavy atom. The molecule has 0 unspecified atom stereocenters. The van der Waals surface area contributed by atoms with Crippen molar-refractivity contribution in [3.05, 3.63) is 28.3 Å². The van der Waals surface area contributed by atoms with E-state index in [1.165, 1.54) is 6.42 Å². The lowest BCUT2D eigenvalue weighted by Crippen LogP contribution is -2.39. The first kappa shape index (κ1) is 11.7. The van der Waals surface area contributed by atoms with E-state index in [1.54, 1.807) is 6.07 Å². The van der Waals surface area contributed by atoms with Crippen molar-refractivity contribution < 1.29 is 5.11 Å². The number of phenols is 1. The number of nitrogens with two attached hydrogens (primary N) is 1. The fourth-order valence-electron chi connectivity index (χ4n) is 2.65. The number of hydrogen-bond acceptors (Lipinski definition) is 2. The number of halogens is 1. The van der Waals surface area contributed by atoms with Crippen LogP contribution in [0.5, 0.6) is 5.75 Å². The third-order valence-electron chi connectivity index (χ3n) is 3.46. The molecule has 0 saturated heterocycles. The summed E-state index contributed by atoms with van der Waals surface area (Å²) in [6.45, 7) is 1.92. The van der Waals surface area contributed by atoms with E-state index in [9.17, 15) is 5.11 Å². The summed E-state index contributed by atoms with van der Waals surface area (Å²) in [5, 5.41) is 10.6. The van der Waals surface area contributed by atoms with Gasteiger partial charge in [0.1, 0.15) is 5.75 Å². The quantitative estimate of drug-likeness (QED) is 0.788. The maximum Gasteiger partial charge on any atom is 0.122 e. The van der Waals surface area contributed by atoms with E-state index in [0.717, 1.165) is 36.8 Å².